The van der Waals surface area contributed by atoms with Gasteiger partial charge in [0.25, 0.3) is 0 Å². The van der Waals surface area contributed by atoms with Crippen molar-refractivity contribution in [3.8, 4) is 5.75 Å². The minimum atomic E-state index is 0.217. The first kappa shape index (κ1) is 30.7. The molecule has 10 nitrogen and oxygen atoms in total. The summed E-state index contributed by atoms with van der Waals surface area (Å²) in [5.41, 5.74) is 1.57. The van der Waals surface area contributed by atoms with Crippen molar-refractivity contribution in [3.05, 3.63) is 24.3 Å². The summed E-state index contributed by atoms with van der Waals surface area (Å²) in [5, 5.41) is 19.9. The van der Waals surface area contributed by atoms with Gasteiger partial charge in [-0.15, -0.1) is 0 Å². The first-order valence-corrected chi connectivity index (χ1v) is 12.5. The smallest absolute Gasteiger partial charge is 0.170 e. The third kappa shape index (κ3) is 18.7. The molecular formula is C24H41N5O5S. The summed E-state index contributed by atoms with van der Waals surface area (Å²) in [6, 6.07) is 6.73. The average Bonchev–Trinajstić information content (AvgIpc) is 2.86. The van der Waals surface area contributed by atoms with E-state index in [1.807, 2.05) is 0 Å². The van der Waals surface area contributed by atoms with E-state index in [1.54, 1.807) is 30.5 Å². The van der Waals surface area contributed by atoms with Crippen LogP contribution >= 0.6 is 12.2 Å². The number of nitrogens with two attached hydrogens (primary N) is 1. The van der Waals surface area contributed by atoms with Crippen LogP contribution in [0.4, 0.5) is 5.69 Å². The van der Waals surface area contributed by atoms with E-state index in [0.29, 0.717) is 57.9 Å². The lowest BCUT2D eigenvalue weighted by Crippen LogP contribution is -2.29. The predicted octanol–water partition coefficient (Wildman–Crippen LogP) is 2.71. The number of hydrogen-bond acceptors (Lipinski definition) is 9. The number of benzene rings is 1. The van der Waals surface area contributed by atoms with Crippen molar-refractivity contribution in [2.75, 3.05) is 71.3 Å². The fraction of sp³-hybridized carbons (Fsp3) is 0.625. The fourth-order valence-electron chi connectivity index (χ4n) is 2.71. The van der Waals surface area contributed by atoms with Crippen LogP contribution in [-0.4, -0.2) is 88.1 Å². The summed E-state index contributed by atoms with van der Waals surface area (Å²) in [7, 11) is 0. The SMILES string of the molecule is CCCOCCOCCOCCOCCN=CC(CCCCNC(=S)Nc1ccc(O)cc1)=NN. The summed E-state index contributed by atoms with van der Waals surface area (Å²) in [6.45, 7) is 8.00. The van der Waals surface area contributed by atoms with Gasteiger partial charge in [0.15, 0.2) is 5.11 Å². The number of hydrogen-bond donors (Lipinski definition) is 4. The lowest BCUT2D eigenvalue weighted by Gasteiger charge is -2.10. The Morgan fingerprint density at radius 1 is 0.943 bits per heavy atom. The molecule has 35 heavy (non-hydrogen) atoms. The molecule has 0 unspecified atom stereocenters. The molecule has 0 radical (unpaired) electrons. The van der Waals surface area contributed by atoms with Crippen molar-refractivity contribution in [3.63, 3.8) is 0 Å². The number of thiocarbonyl (C=S) groups is 1. The third-order valence-electron chi connectivity index (χ3n) is 4.51. The predicted molar refractivity (Wildman–Crippen MR) is 145 cm³/mol. The molecule has 0 aliphatic rings. The maximum Gasteiger partial charge on any atom is 0.170 e. The Morgan fingerprint density at radius 2 is 1.54 bits per heavy atom. The Labute approximate surface area is 214 Å². The Hall–Kier alpha value is -2.31. The van der Waals surface area contributed by atoms with Crippen LogP contribution in [0.5, 0.6) is 5.75 Å². The standard InChI is InChI=1S/C24H41N5O5S/c1-2-12-31-14-16-33-18-19-34-17-15-32-13-11-26-20-22(29-25)5-3-4-10-27-24(35)28-21-6-8-23(30)9-7-21/h6-9,20,30H,2-5,10-19,25H2,1H3,(H2,27,28,35). The number of nitrogens with zero attached hydrogens (tertiary/aromatic N) is 2. The van der Waals surface area contributed by atoms with Crippen molar-refractivity contribution in [2.45, 2.75) is 32.6 Å². The van der Waals surface area contributed by atoms with E-state index in [4.69, 9.17) is 37.0 Å². The van der Waals surface area contributed by atoms with Gasteiger partial charge in [0.2, 0.25) is 0 Å². The molecule has 198 valence electrons. The number of unbranched alkanes of at least 4 members (excludes halogenated alkanes) is 1. The van der Waals surface area contributed by atoms with Crippen LogP contribution in [-0.2, 0) is 18.9 Å². The molecule has 1 aromatic rings. The minimum absolute atomic E-state index is 0.217. The number of phenolic OH excluding ortho intramolecular Hbond substituents is 1. The number of aromatic hydroxyl groups is 1. The van der Waals surface area contributed by atoms with Crippen LogP contribution in [0.25, 0.3) is 0 Å². The molecule has 0 fully saturated rings. The number of aliphatic imine (C=N–C) groups is 1. The molecule has 1 rings (SSSR count). The highest BCUT2D eigenvalue weighted by molar-refractivity contribution is 7.80. The molecule has 0 aliphatic heterocycles. The van der Waals surface area contributed by atoms with Crippen LogP contribution in [0.2, 0.25) is 0 Å². The van der Waals surface area contributed by atoms with Crippen molar-refractivity contribution in [1.82, 2.24) is 5.32 Å². The lowest BCUT2D eigenvalue weighted by atomic mass is 10.2. The zero-order valence-electron chi connectivity index (χ0n) is 20.7. The average molecular weight is 512 g/mol. The zero-order valence-corrected chi connectivity index (χ0v) is 21.6. The molecule has 0 amide bonds. The van der Waals surface area contributed by atoms with Gasteiger partial charge in [0.05, 0.1) is 58.5 Å². The van der Waals surface area contributed by atoms with E-state index in [0.717, 1.165) is 50.2 Å². The Balaban J connectivity index is 1.93. The van der Waals surface area contributed by atoms with E-state index in [1.165, 1.54) is 0 Å². The lowest BCUT2D eigenvalue weighted by molar-refractivity contribution is -0.000868. The number of anilines is 1. The minimum Gasteiger partial charge on any atom is -0.508 e. The fourth-order valence-corrected chi connectivity index (χ4v) is 2.93. The molecule has 0 saturated carbocycles. The van der Waals surface area contributed by atoms with Gasteiger partial charge in [0, 0.05) is 25.1 Å². The van der Waals surface area contributed by atoms with E-state index >= 15 is 0 Å². The quantitative estimate of drug-likeness (QED) is 0.0491. The normalized spacial score (nSPS) is 11.7. The molecule has 1 aromatic carbocycles. The Bertz CT molecular complexity index is 719. The molecular weight excluding hydrogens is 470 g/mol. The molecule has 5 N–H and O–H groups in total. The van der Waals surface area contributed by atoms with Crippen LogP contribution in [0.3, 0.4) is 0 Å². The summed E-state index contributed by atoms with van der Waals surface area (Å²) < 4.78 is 21.7. The van der Waals surface area contributed by atoms with Gasteiger partial charge < -0.3 is 40.5 Å². The molecule has 0 bridgehead atoms. The number of hydrazone groups is 1. The number of ether oxygens (including phenoxy) is 4. The number of phenols is 1. The van der Waals surface area contributed by atoms with Gasteiger partial charge >= 0.3 is 0 Å². The summed E-state index contributed by atoms with van der Waals surface area (Å²) in [5.74, 6) is 5.68. The third-order valence-corrected chi connectivity index (χ3v) is 4.75. The first-order valence-electron chi connectivity index (χ1n) is 12.1. The van der Waals surface area contributed by atoms with Crippen LogP contribution in [0.1, 0.15) is 32.6 Å². The van der Waals surface area contributed by atoms with Gasteiger partial charge in [-0.2, -0.15) is 5.10 Å². The maximum absolute atomic E-state index is 9.30. The van der Waals surface area contributed by atoms with Crippen molar-refractivity contribution >= 4 is 34.9 Å². The highest BCUT2D eigenvalue weighted by Crippen LogP contribution is 2.13. The molecule has 0 spiro atoms. The van der Waals surface area contributed by atoms with E-state index in [2.05, 4.69) is 27.7 Å². The van der Waals surface area contributed by atoms with Crippen molar-refractivity contribution in [2.24, 2.45) is 15.9 Å². The second-order valence-electron chi connectivity index (χ2n) is 7.49. The van der Waals surface area contributed by atoms with Crippen LogP contribution < -0.4 is 16.5 Å². The van der Waals surface area contributed by atoms with E-state index in [9.17, 15) is 5.11 Å². The largest absolute Gasteiger partial charge is 0.508 e. The summed E-state index contributed by atoms with van der Waals surface area (Å²) in [4.78, 5) is 4.31. The maximum atomic E-state index is 9.30. The topological polar surface area (TPSA) is 132 Å². The highest BCUT2D eigenvalue weighted by Gasteiger charge is 2.00. The highest BCUT2D eigenvalue weighted by atomic mass is 32.1. The molecule has 0 atom stereocenters. The second-order valence-corrected chi connectivity index (χ2v) is 7.90. The van der Waals surface area contributed by atoms with E-state index < -0.39 is 0 Å². The van der Waals surface area contributed by atoms with Crippen molar-refractivity contribution in [1.29, 1.82) is 0 Å². The molecule has 0 aromatic heterocycles. The molecule has 0 heterocycles. The van der Waals surface area contributed by atoms with Gasteiger partial charge in [-0.05, 0) is 62.2 Å². The Morgan fingerprint density at radius 3 is 2.14 bits per heavy atom. The van der Waals surface area contributed by atoms with Crippen LogP contribution in [0, 0.1) is 0 Å². The van der Waals surface area contributed by atoms with Gasteiger partial charge in [-0.1, -0.05) is 6.92 Å². The molecule has 0 saturated heterocycles. The monoisotopic (exact) mass is 511 g/mol. The summed E-state index contributed by atoms with van der Waals surface area (Å²) in [6.07, 6.45) is 5.27. The van der Waals surface area contributed by atoms with E-state index in [-0.39, 0.29) is 5.75 Å². The first-order chi connectivity index (χ1) is 17.2. The number of nitrogens with one attached hydrogen (secondary N) is 2. The summed E-state index contributed by atoms with van der Waals surface area (Å²) >= 11 is 5.26. The van der Waals surface area contributed by atoms with Crippen LogP contribution in [0.15, 0.2) is 34.4 Å². The number of rotatable bonds is 21. The zero-order chi connectivity index (χ0) is 25.4. The second kappa shape index (κ2) is 22.2. The van der Waals surface area contributed by atoms with Gasteiger partial charge in [-0.3, -0.25) is 4.99 Å². The molecule has 11 heteroatoms. The molecule has 0 aliphatic carbocycles. The van der Waals surface area contributed by atoms with Gasteiger partial charge in [0.1, 0.15) is 5.75 Å². The van der Waals surface area contributed by atoms with Gasteiger partial charge in [-0.25, -0.2) is 0 Å². The van der Waals surface area contributed by atoms with Crippen molar-refractivity contribution < 1.29 is 24.1 Å². The Kier molecular flexibility index (Phi) is 19.5.